The van der Waals surface area contributed by atoms with Crippen LogP contribution in [-0.2, 0) is 4.74 Å². The van der Waals surface area contributed by atoms with E-state index >= 15 is 0 Å². The van der Waals surface area contributed by atoms with Gasteiger partial charge >= 0.3 is 0 Å². The first-order chi connectivity index (χ1) is 19.9. The molecule has 2 aliphatic heterocycles. The molecular weight excluding hydrogens is 546 g/mol. The summed E-state index contributed by atoms with van der Waals surface area (Å²) in [7, 11) is 2.10. The van der Waals surface area contributed by atoms with Crippen molar-refractivity contribution in [3.8, 4) is 5.69 Å². The number of likely N-dealkylation sites (N-methyl/N-ethyl adjacent to an activating group) is 1. The number of pyridine rings is 1. The maximum atomic E-state index is 13.3. The Balaban J connectivity index is 1.30. The summed E-state index contributed by atoms with van der Waals surface area (Å²) in [5, 5.41) is 14.6. The predicted octanol–water partition coefficient (Wildman–Crippen LogP) is 2.08. The second-order valence-electron chi connectivity index (χ2n) is 10.4. The molecule has 2 N–H and O–H groups in total. The predicted molar refractivity (Wildman–Crippen MR) is 157 cm³/mol. The molecule has 2 saturated heterocycles. The Morgan fingerprint density at radius 1 is 1.05 bits per heavy atom. The van der Waals surface area contributed by atoms with Crippen LogP contribution in [0.4, 0.5) is 11.4 Å². The number of hydrogen-bond acceptors (Lipinski definition) is 9. The molecule has 0 radical (unpaired) electrons. The van der Waals surface area contributed by atoms with Gasteiger partial charge in [0.2, 0.25) is 0 Å². The Kier molecular flexibility index (Phi) is 9.45. The number of benzene rings is 1. The molecule has 0 aliphatic carbocycles. The van der Waals surface area contributed by atoms with Crippen molar-refractivity contribution in [1.29, 1.82) is 0 Å². The first kappa shape index (κ1) is 28.9. The summed E-state index contributed by atoms with van der Waals surface area (Å²) in [5.41, 5.74) is 3.62. The van der Waals surface area contributed by atoms with Gasteiger partial charge in [0, 0.05) is 52.0 Å². The number of piperazine rings is 1. The molecule has 4 heterocycles. The number of aryl methyl sites for hydroxylation is 1. The van der Waals surface area contributed by atoms with Crippen LogP contribution in [0.3, 0.4) is 0 Å². The van der Waals surface area contributed by atoms with Crippen molar-refractivity contribution in [1.82, 2.24) is 35.1 Å². The van der Waals surface area contributed by atoms with Gasteiger partial charge < -0.3 is 25.2 Å². The Morgan fingerprint density at radius 3 is 2.59 bits per heavy atom. The lowest BCUT2D eigenvalue weighted by Gasteiger charge is -2.35. The second-order valence-corrected chi connectivity index (χ2v) is 10.8. The van der Waals surface area contributed by atoms with Crippen LogP contribution in [-0.4, -0.2) is 114 Å². The van der Waals surface area contributed by atoms with Gasteiger partial charge in [0.15, 0.2) is 5.69 Å². The first-order valence-electron chi connectivity index (χ1n) is 13.9. The molecule has 0 saturated carbocycles. The van der Waals surface area contributed by atoms with E-state index in [1.54, 1.807) is 16.9 Å². The summed E-state index contributed by atoms with van der Waals surface area (Å²) < 4.78 is 6.92. The highest BCUT2D eigenvalue weighted by Gasteiger charge is 2.21. The molecule has 3 aromatic rings. The summed E-state index contributed by atoms with van der Waals surface area (Å²) in [5.74, 6) is -0.554. The number of hydrogen-bond donors (Lipinski definition) is 2. The third-order valence-electron chi connectivity index (χ3n) is 7.43. The average Bonchev–Trinajstić information content (AvgIpc) is 3.47. The van der Waals surface area contributed by atoms with Crippen LogP contribution < -0.4 is 15.5 Å². The lowest BCUT2D eigenvalue weighted by Crippen LogP contribution is -2.44. The largest absolute Gasteiger partial charge is 0.379 e. The number of carbonyl (C=O) groups is 2. The summed E-state index contributed by atoms with van der Waals surface area (Å²) >= 11 is 6.00. The number of amides is 2. The monoisotopic (exact) mass is 581 g/mol. The van der Waals surface area contributed by atoms with E-state index in [0.717, 1.165) is 76.7 Å². The summed E-state index contributed by atoms with van der Waals surface area (Å²) in [6.07, 6.45) is 3.93. The van der Waals surface area contributed by atoms with Gasteiger partial charge in [-0.1, -0.05) is 16.8 Å². The van der Waals surface area contributed by atoms with Gasteiger partial charge in [-0.15, -0.1) is 5.10 Å². The molecule has 0 atom stereocenters. The molecule has 2 fully saturated rings. The second kappa shape index (κ2) is 13.4. The zero-order valence-electron chi connectivity index (χ0n) is 23.5. The van der Waals surface area contributed by atoms with E-state index in [4.69, 9.17) is 16.3 Å². The number of halogens is 1. The van der Waals surface area contributed by atoms with Crippen molar-refractivity contribution >= 4 is 34.8 Å². The number of nitrogens with zero attached hydrogens (tertiary/aromatic N) is 7. The molecule has 2 aromatic heterocycles. The number of anilines is 2. The summed E-state index contributed by atoms with van der Waals surface area (Å²) in [6.45, 7) is 10.2. The maximum absolute atomic E-state index is 13.3. The van der Waals surface area contributed by atoms with Gasteiger partial charge in [-0.25, -0.2) is 9.67 Å². The zero-order valence-corrected chi connectivity index (χ0v) is 24.2. The van der Waals surface area contributed by atoms with Gasteiger partial charge in [-0.05, 0) is 56.8 Å². The molecule has 12 nitrogen and oxygen atoms in total. The van der Waals surface area contributed by atoms with E-state index in [9.17, 15) is 9.59 Å². The van der Waals surface area contributed by atoms with E-state index in [1.807, 2.05) is 25.1 Å². The van der Waals surface area contributed by atoms with Gasteiger partial charge in [0.05, 0.1) is 42.0 Å². The van der Waals surface area contributed by atoms with Crippen molar-refractivity contribution in [2.45, 2.75) is 13.3 Å². The minimum atomic E-state index is -0.282. The van der Waals surface area contributed by atoms with E-state index in [2.05, 4.69) is 47.7 Å². The number of nitrogens with one attached hydrogen (secondary N) is 2. The van der Waals surface area contributed by atoms with E-state index in [-0.39, 0.29) is 17.5 Å². The van der Waals surface area contributed by atoms with Gasteiger partial charge in [0.1, 0.15) is 5.15 Å². The van der Waals surface area contributed by atoms with Crippen LogP contribution in [0.2, 0.25) is 5.15 Å². The van der Waals surface area contributed by atoms with Crippen LogP contribution >= 0.6 is 11.6 Å². The van der Waals surface area contributed by atoms with E-state index in [1.165, 1.54) is 6.20 Å². The molecule has 2 amide bonds. The standard InChI is InChI=1S/C28H36ClN9O3/c1-20-16-26(29)31-18-22(20)27(39)32-23-17-21(4-5-25(23)37-10-8-35(2)9-11-37)38-19-24(33-34-38)28(40)30-6-3-7-36-12-14-41-15-13-36/h4-5,16-19H,3,6-15H2,1-2H3,(H,30,40)(H,32,39). The summed E-state index contributed by atoms with van der Waals surface area (Å²) in [4.78, 5) is 36.9. The first-order valence-corrected chi connectivity index (χ1v) is 14.3. The lowest BCUT2D eigenvalue weighted by atomic mass is 10.1. The minimum absolute atomic E-state index is 0.230. The topological polar surface area (TPSA) is 121 Å². The van der Waals surface area contributed by atoms with Crippen molar-refractivity contribution < 1.29 is 14.3 Å². The molecule has 41 heavy (non-hydrogen) atoms. The van der Waals surface area contributed by atoms with Crippen molar-refractivity contribution in [3.05, 3.63) is 58.6 Å². The number of ether oxygens (including phenoxy) is 1. The van der Waals surface area contributed by atoms with Crippen LogP contribution in [0.25, 0.3) is 5.69 Å². The highest BCUT2D eigenvalue weighted by molar-refractivity contribution is 6.29. The van der Waals surface area contributed by atoms with Crippen LogP contribution in [0.15, 0.2) is 36.7 Å². The Morgan fingerprint density at radius 2 is 1.83 bits per heavy atom. The van der Waals surface area contributed by atoms with Crippen molar-refractivity contribution in [2.75, 3.05) is 82.8 Å². The lowest BCUT2D eigenvalue weighted by molar-refractivity contribution is 0.0374. The SMILES string of the molecule is Cc1cc(Cl)ncc1C(=O)Nc1cc(-n2cc(C(=O)NCCCN3CCOCC3)nn2)ccc1N1CCN(C)CC1. The molecular formula is C28H36ClN9O3. The zero-order chi connectivity index (χ0) is 28.8. The normalized spacial score (nSPS) is 16.5. The fraction of sp³-hybridized carbons (Fsp3) is 0.464. The van der Waals surface area contributed by atoms with E-state index in [0.29, 0.717) is 28.6 Å². The van der Waals surface area contributed by atoms with Crippen molar-refractivity contribution in [2.24, 2.45) is 0 Å². The minimum Gasteiger partial charge on any atom is -0.379 e. The number of carbonyl (C=O) groups excluding carboxylic acids is 2. The quantitative estimate of drug-likeness (QED) is 0.289. The third-order valence-corrected chi connectivity index (χ3v) is 7.63. The van der Waals surface area contributed by atoms with Crippen LogP contribution in [0.5, 0.6) is 0 Å². The number of aromatic nitrogens is 4. The fourth-order valence-corrected chi connectivity index (χ4v) is 5.17. The fourth-order valence-electron chi connectivity index (χ4n) is 4.95. The molecule has 0 bridgehead atoms. The maximum Gasteiger partial charge on any atom is 0.273 e. The third kappa shape index (κ3) is 7.39. The van der Waals surface area contributed by atoms with Gasteiger partial charge in [-0.2, -0.15) is 0 Å². The molecule has 1 aromatic carbocycles. The summed E-state index contributed by atoms with van der Waals surface area (Å²) in [6, 6.07) is 7.40. The smallest absolute Gasteiger partial charge is 0.273 e. The van der Waals surface area contributed by atoms with Crippen LogP contribution in [0.1, 0.15) is 32.8 Å². The van der Waals surface area contributed by atoms with Gasteiger partial charge in [-0.3, -0.25) is 14.5 Å². The molecule has 5 rings (SSSR count). The Bertz CT molecular complexity index is 1370. The molecule has 0 unspecified atom stereocenters. The molecule has 0 spiro atoms. The van der Waals surface area contributed by atoms with E-state index < -0.39 is 0 Å². The number of rotatable bonds is 9. The Hall–Kier alpha value is -3.58. The van der Waals surface area contributed by atoms with Crippen molar-refractivity contribution in [3.63, 3.8) is 0 Å². The molecule has 2 aliphatic rings. The molecule has 13 heteroatoms. The molecule has 218 valence electrons. The highest BCUT2D eigenvalue weighted by atomic mass is 35.5. The number of morpholine rings is 1. The van der Waals surface area contributed by atoms with Crippen LogP contribution in [0, 0.1) is 6.92 Å². The highest BCUT2D eigenvalue weighted by Crippen LogP contribution is 2.30. The van der Waals surface area contributed by atoms with Gasteiger partial charge in [0.25, 0.3) is 11.8 Å². The Labute approximate surface area is 244 Å². The average molecular weight is 582 g/mol.